The lowest BCUT2D eigenvalue weighted by atomic mass is 9.98. The second kappa shape index (κ2) is 9.66. The molecule has 0 aliphatic heterocycles. The van der Waals surface area contributed by atoms with Gasteiger partial charge in [-0.2, -0.15) is 5.10 Å². The summed E-state index contributed by atoms with van der Waals surface area (Å²) in [6, 6.07) is 17.8. The molecule has 4 rings (SSSR count). The summed E-state index contributed by atoms with van der Waals surface area (Å²) in [4.78, 5) is 13.0. The van der Waals surface area contributed by atoms with Gasteiger partial charge in [0.15, 0.2) is 0 Å². The van der Waals surface area contributed by atoms with Crippen LogP contribution in [-0.4, -0.2) is 25.9 Å². The molecule has 2 aromatic carbocycles. The van der Waals surface area contributed by atoms with E-state index in [1.807, 2.05) is 53.3 Å². The minimum Gasteiger partial charge on any atom is -0.296 e. The van der Waals surface area contributed by atoms with Crippen molar-refractivity contribution in [2.24, 2.45) is 0 Å². The van der Waals surface area contributed by atoms with E-state index in [0.717, 1.165) is 34.5 Å². The summed E-state index contributed by atoms with van der Waals surface area (Å²) in [5.74, 6) is 0.208. The summed E-state index contributed by atoms with van der Waals surface area (Å²) >= 11 is 1.46. The van der Waals surface area contributed by atoms with Crippen LogP contribution >= 0.6 is 11.3 Å². The minimum atomic E-state index is -0.177. The molecule has 0 bridgehead atoms. The number of benzene rings is 2. The van der Waals surface area contributed by atoms with E-state index in [-0.39, 0.29) is 5.91 Å². The van der Waals surface area contributed by atoms with E-state index in [2.05, 4.69) is 46.6 Å². The van der Waals surface area contributed by atoms with Crippen molar-refractivity contribution in [1.82, 2.24) is 20.0 Å². The molecule has 0 aliphatic carbocycles. The third-order valence-corrected chi connectivity index (χ3v) is 6.34. The Morgan fingerprint density at radius 3 is 2.52 bits per heavy atom. The van der Waals surface area contributed by atoms with Gasteiger partial charge in [-0.05, 0) is 41.7 Å². The van der Waals surface area contributed by atoms with Gasteiger partial charge >= 0.3 is 0 Å². The molecule has 0 radical (unpaired) electrons. The van der Waals surface area contributed by atoms with E-state index in [4.69, 9.17) is 0 Å². The fourth-order valence-corrected chi connectivity index (χ4v) is 4.56. The number of amides is 1. The molecular weight excluding hydrogens is 406 g/mol. The molecule has 0 saturated carbocycles. The lowest BCUT2D eigenvalue weighted by Gasteiger charge is -2.10. The highest BCUT2D eigenvalue weighted by Crippen LogP contribution is 2.29. The molecule has 0 fully saturated rings. The molecule has 6 nitrogen and oxygen atoms in total. The second-order valence-electron chi connectivity index (χ2n) is 7.36. The topological polar surface area (TPSA) is 72.7 Å². The minimum absolute atomic E-state index is 0.177. The zero-order chi connectivity index (χ0) is 21.6. The van der Waals surface area contributed by atoms with E-state index >= 15 is 0 Å². The highest BCUT2D eigenvalue weighted by Gasteiger charge is 2.17. The van der Waals surface area contributed by atoms with Crippen LogP contribution in [0.1, 0.15) is 53.5 Å². The Labute approximate surface area is 186 Å². The van der Waals surface area contributed by atoms with Gasteiger partial charge in [0, 0.05) is 23.9 Å². The first kappa shape index (κ1) is 20.9. The SMILES string of the molecule is CCC(CC)c1nnc(NC(=O)c2ccccc2-c2ccc(Cn3cccn3)cc2)s1. The number of carbonyl (C=O) groups excluding carboxylic acids is 1. The third-order valence-electron chi connectivity index (χ3n) is 5.34. The average molecular weight is 432 g/mol. The summed E-state index contributed by atoms with van der Waals surface area (Å²) in [5, 5.41) is 17.1. The first-order chi connectivity index (χ1) is 15.2. The quantitative estimate of drug-likeness (QED) is 0.394. The van der Waals surface area contributed by atoms with Crippen molar-refractivity contribution >= 4 is 22.4 Å². The number of anilines is 1. The molecule has 1 amide bonds. The van der Waals surface area contributed by atoms with E-state index in [1.165, 1.54) is 11.3 Å². The number of hydrogen-bond donors (Lipinski definition) is 1. The van der Waals surface area contributed by atoms with Crippen molar-refractivity contribution in [2.45, 2.75) is 39.2 Å². The lowest BCUT2D eigenvalue weighted by Crippen LogP contribution is -2.13. The molecule has 158 valence electrons. The molecule has 2 aromatic heterocycles. The van der Waals surface area contributed by atoms with Gasteiger partial charge in [0.2, 0.25) is 5.13 Å². The normalized spacial score (nSPS) is 11.1. The van der Waals surface area contributed by atoms with Crippen molar-refractivity contribution in [3.63, 3.8) is 0 Å². The van der Waals surface area contributed by atoms with Crippen LogP contribution in [0.15, 0.2) is 67.0 Å². The van der Waals surface area contributed by atoms with Crippen LogP contribution in [0.4, 0.5) is 5.13 Å². The smallest absolute Gasteiger partial charge is 0.258 e. The second-order valence-corrected chi connectivity index (χ2v) is 8.37. The number of aromatic nitrogens is 4. The Morgan fingerprint density at radius 2 is 1.81 bits per heavy atom. The molecule has 0 spiro atoms. The van der Waals surface area contributed by atoms with Gasteiger partial charge in [0.1, 0.15) is 5.01 Å². The largest absolute Gasteiger partial charge is 0.296 e. The Morgan fingerprint density at radius 1 is 1.03 bits per heavy atom. The van der Waals surface area contributed by atoms with Gasteiger partial charge in [-0.25, -0.2) is 0 Å². The van der Waals surface area contributed by atoms with Crippen LogP contribution < -0.4 is 5.32 Å². The number of rotatable bonds is 8. The third kappa shape index (κ3) is 4.88. The first-order valence-electron chi connectivity index (χ1n) is 10.5. The Balaban J connectivity index is 1.52. The predicted octanol–water partition coefficient (Wildman–Crippen LogP) is 5.61. The fourth-order valence-electron chi connectivity index (χ4n) is 3.56. The maximum atomic E-state index is 13.0. The molecule has 1 N–H and O–H groups in total. The molecular formula is C24H25N5OS. The summed E-state index contributed by atoms with van der Waals surface area (Å²) in [7, 11) is 0. The standard InChI is InChI=1S/C24H25N5OS/c1-3-18(4-2)23-27-28-24(31-23)26-22(30)21-9-6-5-8-20(21)19-12-10-17(11-13-19)16-29-15-7-14-25-29/h5-15,18H,3-4,16H2,1-2H3,(H,26,28,30). The van der Waals surface area contributed by atoms with Crippen molar-refractivity contribution in [3.8, 4) is 11.1 Å². The molecule has 0 atom stereocenters. The van der Waals surface area contributed by atoms with Gasteiger partial charge < -0.3 is 0 Å². The molecule has 0 aliphatic rings. The van der Waals surface area contributed by atoms with E-state index in [1.54, 1.807) is 6.20 Å². The van der Waals surface area contributed by atoms with Crippen molar-refractivity contribution in [2.75, 3.05) is 5.32 Å². The number of hydrogen-bond acceptors (Lipinski definition) is 5. The summed E-state index contributed by atoms with van der Waals surface area (Å²) in [6.45, 7) is 5.00. The van der Waals surface area contributed by atoms with Crippen LogP contribution in [0.2, 0.25) is 0 Å². The van der Waals surface area contributed by atoms with Gasteiger partial charge in [-0.3, -0.25) is 14.8 Å². The number of nitrogens with one attached hydrogen (secondary N) is 1. The summed E-state index contributed by atoms with van der Waals surface area (Å²) in [5.41, 5.74) is 3.64. The van der Waals surface area contributed by atoms with Crippen molar-refractivity contribution < 1.29 is 4.79 Å². The lowest BCUT2D eigenvalue weighted by molar-refractivity contribution is 0.102. The van der Waals surface area contributed by atoms with Crippen LogP contribution in [0.3, 0.4) is 0 Å². The highest BCUT2D eigenvalue weighted by atomic mass is 32.1. The molecule has 0 saturated heterocycles. The van der Waals surface area contributed by atoms with E-state index < -0.39 is 0 Å². The molecule has 7 heteroatoms. The fraction of sp³-hybridized carbons (Fsp3) is 0.250. The summed E-state index contributed by atoms with van der Waals surface area (Å²) < 4.78 is 1.88. The summed E-state index contributed by atoms with van der Waals surface area (Å²) in [6.07, 6.45) is 5.74. The number of nitrogens with zero attached hydrogens (tertiary/aromatic N) is 4. The van der Waals surface area contributed by atoms with Crippen molar-refractivity contribution in [3.05, 3.63) is 83.1 Å². The monoisotopic (exact) mass is 431 g/mol. The first-order valence-corrected chi connectivity index (χ1v) is 11.3. The zero-order valence-corrected chi connectivity index (χ0v) is 18.5. The molecule has 31 heavy (non-hydrogen) atoms. The van der Waals surface area contributed by atoms with E-state index in [0.29, 0.717) is 23.2 Å². The van der Waals surface area contributed by atoms with Crippen LogP contribution in [0.5, 0.6) is 0 Å². The number of carbonyl (C=O) groups is 1. The predicted molar refractivity (Wildman–Crippen MR) is 124 cm³/mol. The Hall–Kier alpha value is -3.32. The zero-order valence-electron chi connectivity index (χ0n) is 17.7. The van der Waals surface area contributed by atoms with Gasteiger partial charge in [-0.15, -0.1) is 10.2 Å². The molecule has 4 aromatic rings. The van der Waals surface area contributed by atoms with Crippen LogP contribution in [0, 0.1) is 0 Å². The van der Waals surface area contributed by atoms with Gasteiger partial charge in [0.25, 0.3) is 5.91 Å². The highest BCUT2D eigenvalue weighted by molar-refractivity contribution is 7.15. The van der Waals surface area contributed by atoms with Crippen LogP contribution in [0.25, 0.3) is 11.1 Å². The maximum absolute atomic E-state index is 13.0. The van der Waals surface area contributed by atoms with Gasteiger partial charge in [-0.1, -0.05) is 67.6 Å². The van der Waals surface area contributed by atoms with Gasteiger partial charge in [0.05, 0.1) is 6.54 Å². The molecule has 0 unspecified atom stereocenters. The van der Waals surface area contributed by atoms with Crippen molar-refractivity contribution in [1.29, 1.82) is 0 Å². The Bertz CT molecular complexity index is 1130. The van der Waals surface area contributed by atoms with E-state index in [9.17, 15) is 4.79 Å². The maximum Gasteiger partial charge on any atom is 0.258 e. The molecule has 2 heterocycles. The Kier molecular flexibility index (Phi) is 6.52. The van der Waals surface area contributed by atoms with Crippen LogP contribution in [-0.2, 0) is 6.54 Å². The average Bonchev–Trinajstić information content (AvgIpc) is 3.48.